The average Bonchev–Trinajstić information content (AvgIpc) is 2.83. The van der Waals surface area contributed by atoms with Crippen molar-refractivity contribution in [3.63, 3.8) is 0 Å². The van der Waals surface area contributed by atoms with Gasteiger partial charge in [-0.05, 0) is 19.8 Å². The van der Waals surface area contributed by atoms with Crippen LogP contribution in [0.5, 0.6) is 0 Å². The average molecular weight is 463 g/mol. The van der Waals surface area contributed by atoms with Gasteiger partial charge in [0, 0.05) is 0 Å². The van der Waals surface area contributed by atoms with E-state index in [0.29, 0.717) is 0 Å². The minimum absolute atomic E-state index is 1.29. The molecule has 0 amide bonds. The largest absolute Gasteiger partial charge is 0.0917 e. The van der Waals surface area contributed by atoms with Crippen LogP contribution in [0.4, 0.5) is 0 Å². The fraction of sp³-hybridized carbons (Fsp3) is 0.939. The van der Waals surface area contributed by atoms with Crippen molar-refractivity contribution in [3.8, 4) is 0 Å². The van der Waals surface area contributed by atoms with E-state index in [1.54, 1.807) is 0 Å². The van der Waals surface area contributed by atoms with Gasteiger partial charge in [0.25, 0.3) is 0 Å². The van der Waals surface area contributed by atoms with Crippen molar-refractivity contribution < 1.29 is 0 Å². The van der Waals surface area contributed by atoms with E-state index >= 15 is 0 Å². The van der Waals surface area contributed by atoms with E-state index in [1.807, 2.05) is 0 Å². The Morgan fingerprint density at radius 3 is 0.727 bits per heavy atom. The van der Waals surface area contributed by atoms with Gasteiger partial charge in [-0.3, -0.25) is 0 Å². The maximum Gasteiger partial charge on any atom is -0.0351 e. The molecule has 0 fully saturated rings. The van der Waals surface area contributed by atoms with Crippen molar-refractivity contribution in [2.75, 3.05) is 0 Å². The second-order valence-electron chi connectivity index (χ2n) is 10.9. The lowest BCUT2D eigenvalue weighted by atomic mass is 10.0. The number of hydrogen-bond donors (Lipinski definition) is 0. The third kappa shape index (κ3) is 31.7. The minimum Gasteiger partial charge on any atom is -0.0917 e. The fourth-order valence-corrected chi connectivity index (χ4v) is 5.10. The third-order valence-corrected chi connectivity index (χ3v) is 7.46. The molecule has 0 saturated heterocycles. The van der Waals surface area contributed by atoms with Crippen LogP contribution in [-0.4, -0.2) is 0 Å². The van der Waals surface area contributed by atoms with E-state index in [9.17, 15) is 0 Å². The first-order valence-corrected chi connectivity index (χ1v) is 16.0. The highest BCUT2D eigenvalue weighted by Gasteiger charge is 1.96. The van der Waals surface area contributed by atoms with E-state index in [4.69, 9.17) is 0 Å². The lowest BCUT2D eigenvalue weighted by Crippen LogP contribution is -1.85. The van der Waals surface area contributed by atoms with Gasteiger partial charge in [-0.15, -0.1) is 0 Å². The Hall–Kier alpha value is -0.260. The third-order valence-electron chi connectivity index (χ3n) is 7.46. The minimum atomic E-state index is 1.29. The summed E-state index contributed by atoms with van der Waals surface area (Å²) in [7, 11) is 0. The highest BCUT2D eigenvalue weighted by molar-refractivity contribution is 4.76. The topological polar surface area (TPSA) is 0 Å². The molecule has 0 heteroatoms. The van der Waals surface area contributed by atoms with Gasteiger partial charge in [-0.1, -0.05) is 192 Å². The van der Waals surface area contributed by atoms with Crippen LogP contribution in [0.25, 0.3) is 0 Å². The van der Waals surface area contributed by atoms with Gasteiger partial charge >= 0.3 is 0 Å². The summed E-state index contributed by atoms with van der Waals surface area (Å²) >= 11 is 0. The Morgan fingerprint density at radius 2 is 0.515 bits per heavy atom. The van der Waals surface area contributed by atoms with Crippen LogP contribution in [-0.2, 0) is 0 Å². The van der Waals surface area contributed by atoms with E-state index in [-0.39, 0.29) is 0 Å². The van der Waals surface area contributed by atoms with Crippen LogP contribution in [0, 0.1) is 0 Å². The zero-order valence-corrected chi connectivity index (χ0v) is 23.7. The Bertz CT molecular complexity index is 342. The van der Waals surface area contributed by atoms with Gasteiger partial charge < -0.3 is 0 Å². The molecule has 0 aromatic carbocycles. The van der Waals surface area contributed by atoms with Gasteiger partial charge in [0.05, 0.1) is 0 Å². The van der Waals surface area contributed by atoms with E-state index in [0.717, 1.165) is 0 Å². The quantitative estimate of drug-likeness (QED) is 0.0765. The number of unbranched alkanes of at least 4 members (excludes halogenated alkanes) is 28. The van der Waals surface area contributed by atoms with Gasteiger partial charge in [0.2, 0.25) is 0 Å². The summed E-state index contributed by atoms with van der Waals surface area (Å²) in [6.45, 7) is 4.43. The Kier molecular flexibility index (Phi) is 31.5. The number of rotatable bonds is 29. The molecule has 0 saturated carbocycles. The molecule has 33 heavy (non-hydrogen) atoms. The summed E-state index contributed by atoms with van der Waals surface area (Å²) in [4.78, 5) is 0. The number of hydrogen-bond acceptors (Lipinski definition) is 0. The molecule has 0 aliphatic heterocycles. The van der Waals surface area contributed by atoms with Crippen molar-refractivity contribution in [1.82, 2.24) is 0 Å². The molecular weight excluding hydrogens is 396 g/mol. The van der Waals surface area contributed by atoms with Crippen LogP contribution < -0.4 is 0 Å². The molecule has 0 heterocycles. The summed E-state index contributed by atoms with van der Waals surface area (Å²) < 4.78 is 0. The SMILES string of the molecule is CC=CCCCCCCCCCCCCCCCCCCCCCCCCCCCCCC. The van der Waals surface area contributed by atoms with Gasteiger partial charge in [-0.2, -0.15) is 0 Å². The summed E-state index contributed by atoms with van der Waals surface area (Å²) in [6, 6.07) is 0. The van der Waals surface area contributed by atoms with Crippen LogP contribution >= 0.6 is 0 Å². The predicted molar refractivity (Wildman–Crippen MR) is 154 cm³/mol. The Balaban J connectivity index is 3.00. The van der Waals surface area contributed by atoms with Crippen molar-refractivity contribution in [2.24, 2.45) is 0 Å². The highest BCUT2D eigenvalue weighted by Crippen LogP contribution is 2.16. The van der Waals surface area contributed by atoms with Crippen LogP contribution in [0.2, 0.25) is 0 Å². The molecular formula is C33H66. The lowest BCUT2D eigenvalue weighted by Gasteiger charge is -2.04. The molecule has 0 nitrogen and oxygen atoms in total. The molecule has 0 unspecified atom stereocenters. The smallest absolute Gasteiger partial charge is 0.0351 e. The predicted octanol–water partition coefficient (Wildman–Crippen LogP) is 12.9. The molecule has 198 valence electrons. The molecule has 0 aromatic rings. The molecule has 0 aliphatic rings. The summed E-state index contributed by atoms with van der Waals surface area (Å²) in [5.74, 6) is 0. The second-order valence-corrected chi connectivity index (χ2v) is 10.9. The molecule has 0 rings (SSSR count). The van der Waals surface area contributed by atoms with E-state index in [2.05, 4.69) is 26.0 Å². The number of allylic oxidation sites excluding steroid dienone is 2. The second kappa shape index (κ2) is 31.7. The normalized spacial score (nSPS) is 11.7. The summed E-state index contributed by atoms with van der Waals surface area (Å²) in [5, 5.41) is 0. The van der Waals surface area contributed by atoms with Gasteiger partial charge in [0.1, 0.15) is 0 Å². The fourth-order valence-electron chi connectivity index (χ4n) is 5.10. The zero-order valence-electron chi connectivity index (χ0n) is 23.7. The molecule has 0 bridgehead atoms. The molecule has 0 radical (unpaired) electrons. The van der Waals surface area contributed by atoms with Crippen LogP contribution in [0.3, 0.4) is 0 Å². The molecule has 0 aromatic heterocycles. The molecule has 0 N–H and O–H groups in total. The van der Waals surface area contributed by atoms with E-state index in [1.165, 1.54) is 186 Å². The van der Waals surface area contributed by atoms with Crippen molar-refractivity contribution in [2.45, 2.75) is 200 Å². The van der Waals surface area contributed by atoms with Crippen molar-refractivity contribution in [3.05, 3.63) is 12.2 Å². The van der Waals surface area contributed by atoms with Crippen molar-refractivity contribution in [1.29, 1.82) is 0 Å². The monoisotopic (exact) mass is 463 g/mol. The Morgan fingerprint density at radius 1 is 0.303 bits per heavy atom. The van der Waals surface area contributed by atoms with Gasteiger partial charge in [-0.25, -0.2) is 0 Å². The lowest BCUT2D eigenvalue weighted by molar-refractivity contribution is 0.514. The maximum absolute atomic E-state index is 2.31. The van der Waals surface area contributed by atoms with Crippen LogP contribution in [0.1, 0.15) is 200 Å². The van der Waals surface area contributed by atoms with Gasteiger partial charge in [0.15, 0.2) is 0 Å². The first kappa shape index (κ1) is 32.7. The first-order chi connectivity index (χ1) is 16.4. The highest BCUT2D eigenvalue weighted by atomic mass is 14.0. The Labute approximate surface area is 212 Å². The van der Waals surface area contributed by atoms with Crippen molar-refractivity contribution >= 4 is 0 Å². The standard InChI is InChI=1S/C33H66/c1-3-5-7-9-11-13-15-17-19-21-23-25-27-29-31-33-32-30-28-26-24-22-20-18-16-14-12-10-8-6-4-2/h3,5H,4,6-33H2,1-2H3. The molecule has 0 atom stereocenters. The summed E-state index contributed by atoms with van der Waals surface area (Å²) in [6.07, 6.45) is 47.1. The molecule has 0 spiro atoms. The zero-order chi connectivity index (χ0) is 23.9. The maximum atomic E-state index is 2.31. The van der Waals surface area contributed by atoms with Crippen LogP contribution in [0.15, 0.2) is 12.2 Å². The first-order valence-electron chi connectivity index (χ1n) is 16.0. The van der Waals surface area contributed by atoms with E-state index < -0.39 is 0 Å². The molecule has 0 aliphatic carbocycles. The summed E-state index contributed by atoms with van der Waals surface area (Å²) in [5.41, 5.74) is 0.